The molecule has 0 heterocycles. The summed E-state index contributed by atoms with van der Waals surface area (Å²) in [6.07, 6.45) is 1.10. The molecule has 0 fully saturated rings. The maximum atomic E-state index is 2.22. The summed E-state index contributed by atoms with van der Waals surface area (Å²) in [6, 6.07) is 17.3. The standard InChI is InChI=1S/C13H10.2Ar/c1-3-7-12-10(5-1)9-11-6-2-4-8-13(11)12;;/h1-8H,9H2;;. The molecule has 0 radical (unpaired) electrons. The van der Waals surface area contributed by atoms with E-state index in [1.54, 1.807) is 0 Å². The Hall–Kier alpha value is 0.959. The Balaban J connectivity index is 0.000000562. The molecule has 0 saturated heterocycles. The maximum absolute atomic E-state index is 2.22. The Labute approximate surface area is 150 Å². The summed E-state index contributed by atoms with van der Waals surface area (Å²) in [6.45, 7) is 0. The normalized spacial score (nSPS) is 10.7. The van der Waals surface area contributed by atoms with E-state index in [9.17, 15) is 0 Å². The van der Waals surface area contributed by atoms with Crippen LogP contribution < -0.4 is 0 Å². The minimum absolute atomic E-state index is 0. The number of benzene rings is 2. The molecule has 0 N–H and O–H groups in total. The van der Waals surface area contributed by atoms with Gasteiger partial charge in [-0.3, -0.25) is 0 Å². The van der Waals surface area contributed by atoms with Crippen molar-refractivity contribution in [2.75, 3.05) is 0 Å². The number of hydrogen-bond acceptors (Lipinski definition) is 0. The molecule has 0 atom stereocenters. The minimum Gasteiger partial charge on any atom is -0.0619 e. The van der Waals surface area contributed by atoms with Gasteiger partial charge in [-0.25, -0.2) is 0 Å². The SMILES string of the molecule is [Ar].[Ar].c1ccc2c(c1)Cc1ccccc1-2. The first-order valence-electron chi connectivity index (χ1n) is 4.61. The second-order valence-corrected chi connectivity index (χ2v) is 3.49. The van der Waals surface area contributed by atoms with Gasteiger partial charge in [-0.2, -0.15) is 0 Å². The Morgan fingerprint density at radius 1 is 0.600 bits per heavy atom. The maximum Gasteiger partial charge on any atom is 0 e. The van der Waals surface area contributed by atoms with Crippen LogP contribution in [0, 0.1) is 75.5 Å². The van der Waals surface area contributed by atoms with Gasteiger partial charge in [0.1, 0.15) is 0 Å². The number of rotatable bonds is 0. The fourth-order valence-electron chi connectivity index (χ4n) is 2.08. The zero-order chi connectivity index (χ0) is 8.67. The monoisotopic (exact) mass is 246 g/mol. The molecule has 0 bridgehead atoms. The minimum atomic E-state index is 0. The van der Waals surface area contributed by atoms with Gasteiger partial charge in [-0.1, -0.05) is 48.5 Å². The van der Waals surface area contributed by atoms with Crippen LogP contribution in [0.15, 0.2) is 48.5 Å². The summed E-state index contributed by atoms with van der Waals surface area (Å²) in [5.41, 5.74) is 5.75. The first-order valence-corrected chi connectivity index (χ1v) is 4.61. The van der Waals surface area contributed by atoms with E-state index in [0.717, 1.165) is 6.42 Å². The van der Waals surface area contributed by atoms with Gasteiger partial charge in [0, 0.05) is 75.5 Å². The molecule has 1 aliphatic carbocycles. The van der Waals surface area contributed by atoms with Crippen molar-refractivity contribution in [2.45, 2.75) is 6.42 Å². The fourth-order valence-corrected chi connectivity index (χ4v) is 2.08. The Morgan fingerprint density at radius 2 is 1.00 bits per heavy atom. The van der Waals surface area contributed by atoms with Crippen molar-refractivity contribution in [1.82, 2.24) is 0 Å². The van der Waals surface area contributed by atoms with Gasteiger partial charge >= 0.3 is 0 Å². The molecular formula is C13H10Ar2. The van der Waals surface area contributed by atoms with Crippen molar-refractivity contribution in [3.05, 3.63) is 59.7 Å². The molecule has 0 nitrogen and oxygen atoms in total. The third-order valence-corrected chi connectivity index (χ3v) is 2.71. The van der Waals surface area contributed by atoms with Gasteiger partial charge in [0.25, 0.3) is 0 Å². The van der Waals surface area contributed by atoms with Crippen molar-refractivity contribution < 1.29 is 75.5 Å². The van der Waals surface area contributed by atoms with E-state index in [-0.39, 0.29) is 75.5 Å². The summed E-state index contributed by atoms with van der Waals surface area (Å²) >= 11 is 0. The van der Waals surface area contributed by atoms with Crippen LogP contribution in [-0.4, -0.2) is 0 Å². The van der Waals surface area contributed by atoms with E-state index in [2.05, 4.69) is 48.5 Å². The van der Waals surface area contributed by atoms with Crippen molar-refractivity contribution in [1.29, 1.82) is 0 Å². The van der Waals surface area contributed by atoms with Crippen LogP contribution in [0.3, 0.4) is 0 Å². The third kappa shape index (κ3) is 2.62. The number of hydrogen-bond donors (Lipinski definition) is 0. The molecule has 0 spiro atoms. The van der Waals surface area contributed by atoms with Gasteiger partial charge in [0.15, 0.2) is 0 Å². The van der Waals surface area contributed by atoms with Crippen LogP contribution in [-0.2, 0) is 6.42 Å². The molecular weight excluding hydrogens is 236 g/mol. The van der Waals surface area contributed by atoms with Gasteiger partial charge in [0.2, 0.25) is 0 Å². The molecule has 15 heavy (non-hydrogen) atoms. The van der Waals surface area contributed by atoms with Crippen LogP contribution in [0.1, 0.15) is 11.1 Å². The summed E-state index contributed by atoms with van der Waals surface area (Å²) in [7, 11) is 0. The van der Waals surface area contributed by atoms with E-state index >= 15 is 0 Å². The smallest absolute Gasteiger partial charge is 0 e. The summed E-state index contributed by atoms with van der Waals surface area (Å²) in [5, 5.41) is 0. The van der Waals surface area contributed by atoms with Crippen LogP contribution in [0.2, 0.25) is 0 Å². The van der Waals surface area contributed by atoms with Gasteiger partial charge < -0.3 is 0 Å². The second kappa shape index (κ2) is 6.05. The molecule has 0 amide bonds. The zero-order valence-corrected chi connectivity index (χ0v) is 9.45. The van der Waals surface area contributed by atoms with Crippen LogP contribution in [0.5, 0.6) is 0 Å². The summed E-state index contributed by atoms with van der Waals surface area (Å²) < 4.78 is 0. The quantitative estimate of drug-likeness (QED) is 0.571. The molecule has 2 aromatic rings. The van der Waals surface area contributed by atoms with Gasteiger partial charge in [-0.15, -0.1) is 0 Å². The molecule has 0 aliphatic heterocycles. The molecule has 0 saturated carbocycles. The average Bonchev–Trinajstić information content (AvgIpc) is 2.56. The zero-order valence-electron chi connectivity index (χ0n) is 8.03. The molecule has 0 aromatic heterocycles. The molecule has 78 valence electrons. The summed E-state index contributed by atoms with van der Waals surface area (Å²) in [4.78, 5) is 0. The Kier molecular flexibility index (Phi) is 5.65. The molecule has 2 heteroatoms. The predicted octanol–water partition coefficient (Wildman–Crippen LogP) is 3.26. The van der Waals surface area contributed by atoms with Crippen molar-refractivity contribution in [2.24, 2.45) is 0 Å². The fraction of sp³-hybridized carbons (Fsp3) is 0.0769. The third-order valence-electron chi connectivity index (χ3n) is 2.71. The van der Waals surface area contributed by atoms with E-state index in [4.69, 9.17) is 0 Å². The first kappa shape index (κ1) is 14.0. The second-order valence-electron chi connectivity index (χ2n) is 3.49. The average molecular weight is 246 g/mol. The number of fused-ring (bicyclic) bond motifs is 3. The van der Waals surface area contributed by atoms with Crippen LogP contribution >= 0.6 is 0 Å². The van der Waals surface area contributed by atoms with E-state index in [0.29, 0.717) is 0 Å². The van der Waals surface area contributed by atoms with Crippen LogP contribution in [0.4, 0.5) is 0 Å². The van der Waals surface area contributed by atoms with Crippen molar-refractivity contribution >= 4 is 0 Å². The molecule has 1 aliphatic rings. The predicted molar refractivity (Wildman–Crippen MR) is 54.7 cm³/mol. The van der Waals surface area contributed by atoms with Crippen molar-refractivity contribution in [3.63, 3.8) is 0 Å². The molecule has 0 unspecified atom stereocenters. The van der Waals surface area contributed by atoms with Gasteiger partial charge in [-0.05, 0) is 28.7 Å². The largest absolute Gasteiger partial charge is 0.0619 e. The van der Waals surface area contributed by atoms with E-state index < -0.39 is 0 Å². The topological polar surface area (TPSA) is 0 Å². The van der Waals surface area contributed by atoms with Crippen LogP contribution in [0.25, 0.3) is 11.1 Å². The molecule has 3 rings (SSSR count). The van der Waals surface area contributed by atoms with Crippen molar-refractivity contribution in [3.8, 4) is 11.1 Å². The first-order chi connectivity index (χ1) is 6.45. The van der Waals surface area contributed by atoms with E-state index in [1.165, 1.54) is 22.3 Å². The summed E-state index contributed by atoms with van der Waals surface area (Å²) in [5.74, 6) is 0. The van der Waals surface area contributed by atoms with E-state index in [1.807, 2.05) is 0 Å². The molecule has 2 aromatic carbocycles. The Bertz CT molecular complexity index is 420. The Morgan fingerprint density at radius 3 is 1.47 bits per heavy atom. The van der Waals surface area contributed by atoms with Gasteiger partial charge in [0.05, 0.1) is 0 Å².